The number of aryl methyl sites for hydroxylation is 1. The standard InChI is InChI=1S/C18H20Cl2N2O3S/c1-12-8-9-15(10-17(12)20)22(26(3,24)25)13(2)18(23)21-11-14-6-4-5-7-16(14)19/h4-10,13H,11H2,1-3H3,(H,21,23)/t13-/m1/s1. The molecule has 0 spiro atoms. The fourth-order valence-electron chi connectivity index (χ4n) is 2.50. The maximum absolute atomic E-state index is 12.5. The smallest absolute Gasteiger partial charge is 0.243 e. The number of nitrogens with zero attached hydrogens (tertiary/aromatic N) is 1. The van der Waals surface area contributed by atoms with Gasteiger partial charge in [-0.1, -0.05) is 47.5 Å². The lowest BCUT2D eigenvalue weighted by Gasteiger charge is -2.28. The Morgan fingerprint density at radius 3 is 2.38 bits per heavy atom. The first-order chi connectivity index (χ1) is 12.1. The van der Waals surface area contributed by atoms with Crippen molar-refractivity contribution in [3.05, 3.63) is 63.6 Å². The Morgan fingerprint density at radius 2 is 1.81 bits per heavy atom. The van der Waals surface area contributed by atoms with Crippen LogP contribution in [0.1, 0.15) is 18.1 Å². The van der Waals surface area contributed by atoms with Crippen LogP contribution < -0.4 is 9.62 Å². The van der Waals surface area contributed by atoms with Gasteiger partial charge in [-0.15, -0.1) is 0 Å². The van der Waals surface area contributed by atoms with Gasteiger partial charge in [-0.2, -0.15) is 0 Å². The minimum atomic E-state index is -3.70. The number of carbonyl (C=O) groups excluding carboxylic acids is 1. The van der Waals surface area contributed by atoms with Crippen LogP contribution in [0.3, 0.4) is 0 Å². The molecule has 1 N–H and O–H groups in total. The highest BCUT2D eigenvalue weighted by molar-refractivity contribution is 7.92. The molecule has 0 aliphatic rings. The molecule has 2 aromatic rings. The van der Waals surface area contributed by atoms with E-state index in [2.05, 4.69) is 5.32 Å². The lowest BCUT2D eigenvalue weighted by Crippen LogP contribution is -2.47. The molecule has 0 unspecified atom stereocenters. The predicted molar refractivity (Wildman–Crippen MR) is 106 cm³/mol. The zero-order valence-corrected chi connectivity index (χ0v) is 17.0. The van der Waals surface area contributed by atoms with Crippen molar-refractivity contribution in [1.29, 1.82) is 0 Å². The van der Waals surface area contributed by atoms with Crippen molar-refractivity contribution < 1.29 is 13.2 Å². The molecule has 26 heavy (non-hydrogen) atoms. The lowest BCUT2D eigenvalue weighted by atomic mass is 10.2. The zero-order valence-electron chi connectivity index (χ0n) is 14.7. The second-order valence-corrected chi connectivity index (χ2v) is 8.65. The minimum absolute atomic E-state index is 0.203. The first kappa shape index (κ1) is 20.6. The second kappa shape index (κ2) is 8.29. The van der Waals surface area contributed by atoms with E-state index in [-0.39, 0.29) is 6.54 Å². The van der Waals surface area contributed by atoms with Gasteiger partial charge in [0.2, 0.25) is 15.9 Å². The summed E-state index contributed by atoms with van der Waals surface area (Å²) in [5, 5.41) is 3.69. The third kappa shape index (κ3) is 4.90. The van der Waals surface area contributed by atoms with E-state index in [0.717, 1.165) is 21.7 Å². The normalized spacial score (nSPS) is 12.5. The molecule has 0 aromatic heterocycles. The molecule has 0 heterocycles. The fraction of sp³-hybridized carbons (Fsp3) is 0.278. The molecule has 0 saturated carbocycles. The van der Waals surface area contributed by atoms with Crippen LogP contribution in [-0.2, 0) is 21.4 Å². The molecule has 8 heteroatoms. The number of rotatable bonds is 6. The summed E-state index contributed by atoms with van der Waals surface area (Å²) in [6, 6.07) is 11.0. The first-order valence-corrected chi connectivity index (χ1v) is 10.5. The van der Waals surface area contributed by atoms with Crippen molar-refractivity contribution in [2.45, 2.75) is 26.4 Å². The number of amides is 1. The highest BCUT2D eigenvalue weighted by Gasteiger charge is 2.29. The van der Waals surface area contributed by atoms with Crippen LogP contribution in [0.15, 0.2) is 42.5 Å². The number of hydrogen-bond acceptors (Lipinski definition) is 3. The summed E-state index contributed by atoms with van der Waals surface area (Å²) in [6.07, 6.45) is 1.05. The quantitative estimate of drug-likeness (QED) is 0.781. The summed E-state index contributed by atoms with van der Waals surface area (Å²) in [7, 11) is -3.70. The van der Waals surface area contributed by atoms with Crippen LogP contribution in [-0.4, -0.2) is 26.6 Å². The number of halogens is 2. The summed E-state index contributed by atoms with van der Waals surface area (Å²) in [5.41, 5.74) is 1.90. The third-order valence-corrected chi connectivity index (χ3v) is 5.93. The largest absolute Gasteiger partial charge is 0.350 e. The van der Waals surface area contributed by atoms with E-state index in [1.54, 1.807) is 30.3 Å². The van der Waals surface area contributed by atoms with Gasteiger partial charge in [0, 0.05) is 16.6 Å². The summed E-state index contributed by atoms with van der Waals surface area (Å²) < 4.78 is 25.6. The fourth-order valence-corrected chi connectivity index (χ4v) is 4.04. The topological polar surface area (TPSA) is 66.5 Å². The minimum Gasteiger partial charge on any atom is -0.350 e. The molecular formula is C18H20Cl2N2O3S. The Hall–Kier alpha value is -1.76. The molecule has 2 rings (SSSR count). The molecule has 5 nitrogen and oxygen atoms in total. The SMILES string of the molecule is Cc1ccc(N([C@H](C)C(=O)NCc2ccccc2Cl)S(C)(=O)=O)cc1Cl. The molecule has 0 saturated heterocycles. The maximum Gasteiger partial charge on any atom is 0.243 e. The van der Waals surface area contributed by atoms with E-state index in [4.69, 9.17) is 23.2 Å². The van der Waals surface area contributed by atoms with Gasteiger partial charge in [-0.05, 0) is 43.2 Å². The first-order valence-electron chi connectivity index (χ1n) is 7.88. The summed E-state index contributed by atoms with van der Waals surface area (Å²) in [6.45, 7) is 3.54. The van der Waals surface area contributed by atoms with E-state index in [0.29, 0.717) is 15.7 Å². The van der Waals surface area contributed by atoms with Crippen LogP contribution in [0.4, 0.5) is 5.69 Å². The Bertz CT molecular complexity index is 916. The molecule has 0 aliphatic heterocycles. The van der Waals surface area contributed by atoms with E-state index in [1.807, 2.05) is 13.0 Å². The Balaban J connectivity index is 2.23. The van der Waals surface area contributed by atoms with E-state index < -0.39 is 22.0 Å². The Labute approximate surface area is 164 Å². The van der Waals surface area contributed by atoms with Gasteiger partial charge in [0.1, 0.15) is 6.04 Å². The van der Waals surface area contributed by atoms with Crippen LogP contribution in [0.5, 0.6) is 0 Å². The molecule has 2 aromatic carbocycles. The number of nitrogens with one attached hydrogen (secondary N) is 1. The molecule has 0 fully saturated rings. The maximum atomic E-state index is 12.5. The number of anilines is 1. The van der Waals surface area contributed by atoms with Crippen molar-refractivity contribution in [1.82, 2.24) is 5.32 Å². The van der Waals surface area contributed by atoms with Gasteiger partial charge in [0.05, 0.1) is 11.9 Å². The van der Waals surface area contributed by atoms with Gasteiger partial charge in [-0.3, -0.25) is 9.10 Å². The van der Waals surface area contributed by atoms with Crippen LogP contribution >= 0.6 is 23.2 Å². The molecule has 1 atom stereocenters. The summed E-state index contributed by atoms with van der Waals surface area (Å²) in [5.74, 6) is -0.438. The van der Waals surface area contributed by atoms with Crippen molar-refractivity contribution in [3.63, 3.8) is 0 Å². The highest BCUT2D eigenvalue weighted by Crippen LogP contribution is 2.26. The van der Waals surface area contributed by atoms with Gasteiger partial charge in [0.25, 0.3) is 0 Å². The Kier molecular flexibility index (Phi) is 6.55. The van der Waals surface area contributed by atoms with Gasteiger partial charge >= 0.3 is 0 Å². The number of hydrogen-bond donors (Lipinski definition) is 1. The van der Waals surface area contributed by atoms with Gasteiger partial charge < -0.3 is 5.32 Å². The van der Waals surface area contributed by atoms with E-state index in [9.17, 15) is 13.2 Å². The van der Waals surface area contributed by atoms with Crippen molar-refractivity contribution in [3.8, 4) is 0 Å². The average molecular weight is 415 g/mol. The number of sulfonamides is 1. The van der Waals surface area contributed by atoms with E-state index >= 15 is 0 Å². The molecular weight excluding hydrogens is 395 g/mol. The van der Waals surface area contributed by atoms with Crippen molar-refractivity contribution >= 4 is 44.8 Å². The summed E-state index contributed by atoms with van der Waals surface area (Å²) >= 11 is 12.2. The molecule has 0 radical (unpaired) electrons. The number of carbonyl (C=O) groups is 1. The van der Waals surface area contributed by atoms with Crippen molar-refractivity contribution in [2.24, 2.45) is 0 Å². The van der Waals surface area contributed by atoms with E-state index in [1.165, 1.54) is 13.0 Å². The summed E-state index contributed by atoms with van der Waals surface area (Å²) in [4.78, 5) is 12.5. The van der Waals surface area contributed by atoms with Crippen molar-refractivity contribution in [2.75, 3.05) is 10.6 Å². The second-order valence-electron chi connectivity index (χ2n) is 5.98. The van der Waals surface area contributed by atoms with Gasteiger partial charge in [-0.25, -0.2) is 8.42 Å². The number of benzene rings is 2. The average Bonchev–Trinajstić information content (AvgIpc) is 2.56. The molecule has 0 aliphatic carbocycles. The zero-order chi connectivity index (χ0) is 19.5. The lowest BCUT2D eigenvalue weighted by molar-refractivity contribution is -0.122. The third-order valence-electron chi connectivity index (χ3n) is 3.91. The Morgan fingerprint density at radius 1 is 1.15 bits per heavy atom. The molecule has 1 amide bonds. The van der Waals surface area contributed by atoms with Crippen LogP contribution in [0.2, 0.25) is 10.0 Å². The molecule has 140 valence electrons. The predicted octanol–water partition coefficient (Wildman–Crippen LogP) is 3.77. The highest BCUT2D eigenvalue weighted by atomic mass is 35.5. The van der Waals surface area contributed by atoms with Crippen LogP contribution in [0, 0.1) is 6.92 Å². The van der Waals surface area contributed by atoms with Gasteiger partial charge in [0.15, 0.2) is 0 Å². The molecule has 0 bridgehead atoms. The van der Waals surface area contributed by atoms with Crippen LogP contribution in [0.25, 0.3) is 0 Å². The monoisotopic (exact) mass is 414 g/mol.